The average molecular weight is 270 g/mol. The van der Waals surface area contributed by atoms with E-state index in [2.05, 4.69) is 9.88 Å². The number of rotatable bonds is 5. The SMILES string of the molecule is CC(C(=O)O)N(Cc1cccc2cccnc12)C1CC1. The Kier molecular flexibility index (Phi) is 3.40. The molecule has 1 aromatic heterocycles. The fourth-order valence-corrected chi connectivity index (χ4v) is 2.62. The zero-order chi connectivity index (χ0) is 14.1. The Hall–Kier alpha value is -1.94. The summed E-state index contributed by atoms with van der Waals surface area (Å²) in [6, 6.07) is 9.99. The molecule has 104 valence electrons. The van der Waals surface area contributed by atoms with Gasteiger partial charge in [-0.05, 0) is 31.4 Å². The first-order valence-corrected chi connectivity index (χ1v) is 6.98. The molecule has 4 heteroatoms. The Bertz CT molecular complexity index is 632. The van der Waals surface area contributed by atoms with Crippen LogP contribution >= 0.6 is 0 Å². The highest BCUT2D eigenvalue weighted by molar-refractivity contribution is 5.81. The summed E-state index contributed by atoms with van der Waals surface area (Å²) in [7, 11) is 0. The Morgan fingerprint density at radius 2 is 2.15 bits per heavy atom. The van der Waals surface area contributed by atoms with Crippen LogP contribution in [-0.2, 0) is 11.3 Å². The number of carboxylic acids is 1. The number of fused-ring (bicyclic) bond motifs is 1. The van der Waals surface area contributed by atoms with E-state index in [4.69, 9.17) is 0 Å². The third-order valence-electron chi connectivity index (χ3n) is 3.94. The normalized spacial score (nSPS) is 16.5. The topological polar surface area (TPSA) is 53.4 Å². The fourth-order valence-electron chi connectivity index (χ4n) is 2.62. The van der Waals surface area contributed by atoms with E-state index in [1.165, 1.54) is 0 Å². The van der Waals surface area contributed by atoms with Gasteiger partial charge in [-0.2, -0.15) is 0 Å². The zero-order valence-electron chi connectivity index (χ0n) is 11.5. The molecule has 0 aliphatic heterocycles. The minimum Gasteiger partial charge on any atom is -0.480 e. The minimum atomic E-state index is -0.759. The number of carbonyl (C=O) groups is 1. The van der Waals surface area contributed by atoms with Gasteiger partial charge in [-0.3, -0.25) is 14.7 Å². The van der Waals surface area contributed by atoms with Crippen LogP contribution in [0.1, 0.15) is 25.3 Å². The van der Waals surface area contributed by atoms with E-state index >= 15 is 0 Å². The molecule has 20 heavy (non-hydrogen) atoms. The van der Waals surface area contributed by atoms with E-state index in [1.54, 1.807) is 13.1 Å². The standard InChI is InChI=1S/C16H18N2O2/c1-11(16(19)20)18(14-7-8-14)10-13-5-2-4-12-6-3-9-17-15(12)13/h2-6,9,11,14H,7-8,10H2,1H3,(H,19,20). The molecule has 1 N–H and O–H groups in total. The molecular weight excluding hydrogens is 252 g/mol. The highest BCUT2D eigenvalue weighted by atomic mass is 16.4. The van der Waals surface area contributed by atoms with E-state index in [9.17, 15) is 9.90 Å². The fraction of sp³-hybridized carbons (Fsp3) is 0.375. The lowest BCUT2D eigenvalue weighted by atomic mass is 10.1. The monoisotopic (exact) mass is 270 g/mol. The van der Waals surface area contributed by atoms with Crippen molar-refractivity contribution in [2.24, 2.45) is 0 Å². The molecule has 0 bridgehead atoms. The van der Waals surface area contributed by atoms with E-state index in [1.807, 2.05) is 30.3 Å². The van der Waals surface area contributed by atoms with Gasteiger partial charge in [0.15, 0.2) is 0 Å². The van der Waals surface area contributed by atoms with Crippen molar-refractivity contribution < 1.29 is 9.90 Å². The molecular formula is C16H18N2O2. The second kappa shape index (κ2) is 5.21. The summed E-state index contributed by atoms with van der Waals surface area (Å²) in [6.45, 7) is 2.41. The van der Waals surface area contributed by atoms with Crippen molar-refractivity contribution in [2.75, 3.05) is 0 Å². The molecule has 1 aliphatic carbocycles. The molecule has 0 radical (unpaired) electrons. The number of para-hydroxylation sites is 1. The molecule has 1 atom stereocenters. The Balaban J connectivity index is 1.92. The van der Waals surface area contributed by atoms with Gasteiger partial charge in [-0.15, -0.1) is 0 Å². The number of nitrogens with zero attached hydrogens (tertiary/aromatic N) is 2. The molecule has 0 amide bonds. The lowest BCUT2D eigenvalue weighted by molar-refractivity contribution is -0.143. The Morgan fingerprint density at radius 1 is 1.40 bits per heavy atom. The molecule has 0 saturated heterocycles. The van der Waals surface area contributed by atoms with E-state index in [0.717, 1.165) is 29.3 Å². The highest BCUT2D eigenvalue weighted by Crippen LogP contribution is 2.31. The summed E-state index contributed by atoms with van der Waals surface area (Å²) in [5, 5.41) is 10.4. The van der Waals surface area contributed by atoms with Crippen molar-refractivity contribution in [3.05, 3.63) is 42.1 Å². The highest BCUT2D eigenvalue weighted by Gasteiger charge is 2.35. The maximum atomic E-state index is 11.3. The van der Waals surface area contributed by atoms with Crippen LogP contribution in [0.3, 0.4) is 0 Å². The van der Waals surface area contributed by atoms with Crippen molar-refractivity contribution >= 4 is 16.9 Å². The number of aliphatic carboxylic acids is 1. The van der Waals surface area contributed by atoms with Gasteiger partial charge in [0.25, 0.3) is 0 Å². The predicted octanol–water partition coefficient (Wildman–Crippen LogP) is 2.67. The van der Waals surface area contributed by atoms with Crippen LogP contribution in [0.4, 0.5) is 0 Å². The zero-order valence-corrected chi connectivity index (χ0v) is 11.5. The van der Waals surface area contributed by atoms with Gasteiger partial charge >= 0.3 is 5.97 Å². The smallest absolute Gasteiger partial charge is 0.320 e. The summed E-state index contributed by atoms with van der Waals surface area (Å²) < 4.78 is 0. The minimum absolute atomic E-state index is 0.403. The van der Waals surface area contributed by atoms with Gasteiger partial charge < -0.3 is 5.11 Å². The number of pyridine rings is 1. The Labute approximate surface area is 118 Å². The van der Waals surface area contributed by atoms with Gasteiger partial charge in [-0.25, -0.2) is 0 Å². The van der Waals surface area contributed by atoms with Crippen LogP contribution in [0, 0.1) is 0 Å². The maximum absolute atomic E-state index is 11.3. The van der Waals surface area contributed by atoms with Crippen LogP contribution in [-0.4, -0.2) is 33.0 Å². The van der Waals surface area contributed by atoms with Crippen molar-refractivity contribution in [3.8, 4) is 0 Å². The summed E-state index contributed by atoms with van der Waals surface area (Å²) in [6.07, 6.45) is 3.97. The number of benzene rings is 1. The van der Waals surface area contributed by atoms with Gasteiger partial charge in [-0.1, -0.05) is 24.3 Å². The van der Waals surface area contributed by atoms with Crippen molar-refractivity contribution in [1.29, 1.82) is 0 Å². The van der Waals surface area contributed by atoms with E-state index in [-0.39, 0.29) is 0 Å². The first-order valence-electron chi connectivity index (χ1n) is 6.98. The lowest BCUT2D eigenvalue weighted by Gasteiger charge is -2.26. The summed E-state index contributed by atoms with van der Waals surface area (Å²) in [4.78, 5) is 17.8. The molecule has 1 saturated carbocycles. The van der Waals surface area contributed by atoms with Crippen molar-refractivity contribution in [3.63, 3.8) is 0 Å². The molecule has 2 aromatic rings. The second-order valence-corrected chi connectivity index (χ2v) is 5.41. The van der Waals surface area contributed by atoms with E-state index in [0.29, 0.717) is 12.6 Å². The molecule has 1 heterocycles. The summed E-state index contributed by atoms with van der Waals surface area (Å²) in [5.41, 5.74) is 2.07. The maximum Gasteiger partial charge on any atom is 0.320 e. The van der Waals surface area contributed by atoms with Gasteiger partial charge in [0.1, 0.15) is 6.04 Å². The number of carboxylic acid groups (broad SMARTS) is 1. The number of hydrogen-bond donors (Lipinski definition) is 1. The van der Waals surface area contributed by atoms with Gasteiger partial charge in [0.2, 0.25) is 0 Å². The van der Waals surface area contributed by atoms with E-state index < -0.39 is 12.0 Å². The molecule has 4 nitrogen and oxygen atoms in total. The van der Waals surface area contributed by atoms with Gasteiger partial charge in [0, 0.05) is 24.2 Å². The molecule has 1 aromatic carbocycles. The third-order valence-corrected chi connectivity index (χ3v) is 3.94. The molecule has 3 rings (SSSR count). The number of hydrogen-bond acceptors (Lipinski definition) is 3. The van der Waals surface area contributed by atoms with Crippen LogP contribution in [0.25, 0.3) is 10.9 Å². The van der Waals surface area contributed by atoms with Crippen LogP contribution in [0.15, 0.2) is 36.5 Å². The van der Waals surface area contributed by atoms with Gasteiger partial charge in [0.05, 0.1) is 5.52 Å². The quantitative estimate of drug-likeness (QED) is 0.907. The Morgan fingerprint density at radius 3 is 2.85 bits per heavy atom. The molecule has 1 aliphatic rings. The summed E-state index contributed by atoms with van der Waals surface area (Å²) >= 11 is 0. The third kappa shape index (κ3) is 2.51. The molecule has 1 fully saturated rings. The van der Waals surface area contributed by atoms with Crippen molar-refractivity contribution in [1.82, 2.24) is 9.88 Å². The lowest BCUT2D eigenvalue weighted by Crippen LogP contribution is -2.40. The second-order valence-electron chi connectivity index (χ2n) is 5.41. The largest absolute Gasteiger partial charge is 0.480 e. The first-order chi connectivity index (χ1) is 9.66. The van der Waals surface area contributed by atoms with Crippen LogP contribution in [0.5, 0.6) is 0 Å². The first kappa shape index (κ1) is 13.1. The predicted molar refractivity (Wildman–Crippen MR) is 77.4 cm³/mol. The van der Waals surface area contributed by atoms with Crippen LogP contribution in [0.2, 0.25) is 0 Å². The average Bonchev–Trinajstić information content (AvgIpc) is 3.28. The van der Waals surface area contributed by atoms with Crippen LogP contribution < -0.4 is 0 Å². The molecule has 0 spiro atoms. The summed E-state index contributed by atoms with van der Waals surface area (Å²) in [5.74, 6) is -0.759. The van der Waals surface area contributed by atoms with Crippen molar-refractivity contribution in [2.45, 2.75) is 38.4 Å². The molecule has 1 unspecified atom stereocenters. The number of aromatic nitrogens is 1.